The third kappa shape index (κ3) is 16.5. The molecule has 0 aromatic heterocycles. The Morgan fingerprint density at radius 3 is 1.44 bits per heavy atom. The Morgan fingerprint density at radius 1 is 0.559 bits per heavy atom. The Hall–Kier alpha value is -1.10. The van der Waals surface area contributed by atoms with Gasteiger partial charge in [-0.1, -0.05) is 136 Å². The molecule has 1 aromatic rings. The molecule has 0 aliphatic carbocycles. The van der Waals surface area contributed by atoms with Crippen molar-refractivity contribution < 1.29 is 9.68 Å². The Bertz CT molecular complexity index is 512. The molecule has 0 aliphatic heterocycles. The number of rotatable bonds is 24. The van der Waals surface area contributed by atoms with Crippen molar-refractivity contribution in [3.05, 3.63) is 30.3 Å². The first-order valence-electron chi connectivity index (χ1n) is 14.7. The molecule has 0 bridgehead atoms. The maximum atomic E-state index is 6.46. The molecule has 0 saturated carbocycles. The molecule has 0 fully saturated rings. The lowest BCUT2D eigenvalue weighted by Gasteiger charge is -2.30. The van der Waals surface area contributed by atoms with Crippen molar-refractivity contribution in [3.63, 3.8) is 0 Å². The number of benzene rings is 1. The number of anilines is 1. The Labute approximate surface area is 212 Å². The topological polar surface area (TPSA) is 33.7 Å². The van der Waals surface area contributed by atoms with Crippen LogP contribution in [0.3, 0.4) is 0 Å². The predicted octanol–water partition coefficient (Wildman–Crippen LogP) is 10.0. The van der Waals surface area contributed by atoms with Gasteiger partial charge in [-0.25, -0.2) is 0 Å². The van der Waals surface area contributed by atoms with E-state index < -0.39 is 0 Å². The monoisotopic (exact) mass is 476 g/mol. The molecule has 2 atom stereocenters. The van der Waals surface area contributed by atoms with Crippen molar-refractivity contribution in [2.45, 2.75) is 155 Å². The van der Waals surface area contributed by atoms with E-state index in [1.807, 2.05) is 18.2 Å². The van der Waals surface area contributed by atoms with Gasteiger partial charge in [0.15, 0.2) is 0 Å². The lowest BCUT2D eigenvalue weighted by Crippen LogP contribution is -2.38. The molecular weight excluding hydrogens is 420 g/mol. The molecule has 1 aromatic carbocycles. The summed E-state index contributed by atoms with van der Waals surface area (Å²) in [6.07, 6.45) is 22.7. The van der Waals surface area contributed by atoms with Gasteiger partial charge in [0.1, 0.15) is 0 Å². The van der Waals surface area contributed by atoms with E-state index in [9.17, 15) is 0 Å². The molecule has 0 amide bonds. The molecule has 0 spiro atoms. The van der Waals surface area contributed by atoms with Gasteiger partial charge in [0.05, 0.1) is 17.9 Å². The molecule has 0 radical (unpaired) electrons. The molecule has 1 N–H and O–H groups in total. The summed E-state index contributed by atoms with van der Waals surface area (Å²) in [6.45, 7) is 9.03. The minimum absolute atomic E-state index is 0.184. The summed E-state index contributed by atoms with van der Waals surface area (Å²) in [6, 6.07) is 10.2. The van der Waals surface area contributed by atoms with Crippen LogP contribution in [0, 0.1) is 0 Å². The molecule has 34 heavy (non-hydrogen) atoms. The molecule has 4 heteroatoms. The number of nitrogens with zero attached hydrogens (tertiary/aromatic N) is 1. The highest BCUT2D eigenvalue weighted by Gasteiger charge is 2.20. The highest BCUT2D eigenvalue weighted by molar-refractivity contribution is 5.40. The second-order valence-electron chi connectivity index (χ2n) is 9.88. The Balaban J connectivity index is 2.66. The molecular formula is C30H56N2O2. The normalized spacial score (nSPS) is 13.3. The first-order chi connectivity index (χ1) is 16.7. The van der Waals surface area contributed by atoms with Crippen LogP contribution in [0.2, 0.25) is 0 Å². The van der Waals surface area contributed by atoms with Crippen molar-refractivity contribution in [2.75, 3.05) is 5.43 Å². The fraction of sp³-hybridized carbons (Fsp3) is 0.800. The lowest BCUT2D eigenvalue weighted by molar-refractivity contribution is -0.390. The van der Waals surface area contributed by atoms with Gasteiger partial charge in [-0.15, -0.1) is 0 Å². The van der Waals surface area contributed by atoms with Gasteiger partial charge in [-0.05, 0) is 37.8 Å². The molecule has 4 nitrogen and oxygen atoms in total. The SMILES string of the molecule is CCCCCCCCC(CCC)ON(Nc1ccccc1)OC(CCC)CCCCCCCC. The second-order valence-corrected chi connectivity index (χ2v) is 9.88. The second kappa shape index (κ2) is 22.4. The van der Waals surface area contributed by atoms with Gasteiger partial charge >= 0.3 is 0 Å². The van der Waals surface area contributed by atoms with E-state index in [1.165, 1.54) is 77.0 Å². The smallest absolute Gasteiger partial charge is 0.0839 e. The lowest BCUT2D eigenvalue weighted by atomic mass is 10.0. The van der Waals surface area contributed by atoms with Gasteiger partial charge in [-0.2, -0.15) is 0 Å². The summed E-state index contributed by atoms with van der Waals surface area (Å²) < 4.78 is 0. The van der Waals surface area contributed by atoms with Crippen molar-refractivity contribution in [3.8, 4) is 0 Å². The van der Waals surface area contributed by atoms with Gasteiger partial charge in [0.25, 0.3) is 0 Å². The highest BCUT2D eigenvalue weighted by Crippen LogP contribution is 2.20. The van der Waals surface area contributed by atoms with Crippen LogP contribution in [0.5, 0.6) is 0 Å². The average Bonchev–Trinajstić information content (AvgIpc) is 2.84. The molecule has 0 aliphatic rings. The summed E-state index contributed by atoms with van der Waals surface area (Å²) in [7, 11) is 0. The van der Waals surface area contributed by atoms with Gasteiger partial charge in [0.2, 0.25) is 0 Å². The van der Waals surface area contributed by atoms with E-state index in [-0.39, 0.29) is 12.2 Å². The zero-order chi connectivity index (χ0) is 24.7. The van der Waals surface area contributed by atoms with Gasteiger partial charge in [-0.3, -0.25) is 15.1 Å². The number of unbranched alkanes of at least 4 members (excludes halogenated alkanes) is 10. The highest BCUT2D eigenvalue weighted by atomic mass is 17.0. The number of hydrogen-bond acceptors (Lipinski definition) is 4. The van der Waals surface area contributed by atoms with Crippen molar-refractivity contribution in [2.24, 2.45) is 0 Å². The number of hydrogen-bond donors (Lipinski definition) is 1. The summed E-state index contributed by atoms with van der Waals surface area (Å²) >= 11 is 0. The zero-order valence-corrected chi connectivity index (χ0v) is 23.0. The number of para-hydroxylation sites is 1. The number of hydrazine groups is 1. The molecule has 1 rings (SSSR count). The van der Waals surface area contributed by atoms with Crippen LogP contribution < -0.4 is 5.43 Å². The van der Waals surface area contributed by atoms with Crippen molar-refractivity contribution in [1.29, 1.82) is 0 Å². The van der Waals surface area contributed by atoms with Crippen molar-refractivity contribution in [1.82, 2.24) is 5.34 Å². The van der Waals surface area contributed by atoms with E-state index in [2.05, 4.69) is 45.3 Å². The largest absolute Gasteiger partial charge is 0.272 e. The van der Waals surface area contributed by atoms with Crippen LogP contribution in [0.1, 0.15) is 143 Å². The van der Waals surface area contributed by atoms with E-state index in [0.717, 1.165) is 44.2 Å². The van der Waals surface area contributed by atoms with Crippen LogP contribution in [0.25, 0.3) is 0 Å². The zero-order valence-electron chi connectivity index (χ0n) is 23.0. The van der Waals surface area contributed by atoms with E-state index in [4.69, 9.17) is 9.68 Å². The van der Waals surface area contributed by atoms with Gasteiger partial charge < -0.3 is 0 Å². The molecule has 0 saturated heterocycles. The molecule has 198 valence electrons. The van der Waals surface area contributed by atoms with Crippen LogP contribution >= 0.6 is 0 Å². The Morgan fingerprint density at radius 2 is 1.00 bits per heavy atom. The van der Waals surface area contributed by atoms with E-state index in [1.54, 1.807) is 5.34 Å². The summed E-state index contributed by atoms with van der Waals surface area (Å²) in [5, 5.41) is 1.60. The van der Waals surface area contributed by atoms with Crippen molar-refractivity contribution >= 4 is 5.69 Å². The minimum atomic E-state index is 0.184. The van der Waals surface area contributed by atoms with Crippen LogP contribution in [-0.4, -0.2) is 17.5 Å². The first kappa shape index (κ1) is 30.9. The predicted molar refractivity (Wildman–Crippen MR) is 147 cm³/mol. The van der Waals surface area contributed by atoms with Crippen LogP contribution in [0.4, 0.5) is 5.69 Å². The van der Waals surface area contributed by atoms with Gasteiger partial charge in [0, 0.05) is 5.34 Å². The minimum Gasteiger partial charge on any atom is -0.272 e. The Kier molecular flexibility index (Phi) is 20.3. The first-order valence-corrected chi connectivity index (χ1v) is 14.7. The van der Waals surface area contributed by atoms with E-state index >= 15 is 0 Å². The third-order valence-corrected chi connectivity index (χ3v) is 6.46. The standard InChI is InChI=1S/C30H56N2O2/c1-5-9-11-13-15-20-26-29(22-7-3)33-32(31-28-24-18-17-19-25-28)34-30(23-8-4)27-21-16-14-12-10-6-2/h17-19,24-25,29-31H,5-16,20-23,26-27H2,1-4H3. The fourth-order valence-corrected chi connectivity index (χ4v) is 4.41. The quantitative estimate of drug-likeness (QED) is 0.119. The summed E-state index contributed by atoms with van der Waals surface area (Å²) in [4.78, 5) is 12.9. The summed E-state index contributed by atoms with van der Waals surface area (Å²) in [5.41, 5.74) is 4.38. The summed E-state index contributed by atoms with van der Waals surface area (Å²) in [5.74, 6) is 0. The average molecular weight is 477 g/mol. The molecule has 0 heterocycles. The van der Waals surface area contributed by atoms with E-state index in [0.29, 0.717) is 0 Å². The van der Waals surface area contributed by atoms with Crippen LogP contribution in [-0.2, 0) is 9.68 Å². The van der Waals surface area contributed by atoms with Crippen LogP contribution in [0.15, 0.2) is 30.3 Å². The number of nitrogens with one attached hydrogen (secondary N) is 1. The fourth-order valence-electron chi connectivity index (χ4n) is 4.41. The maximum absolute atomic E-state index is 6.46. The maximum Gasteiger partial charge on any atom is 0.0839 e. The molecule has 2 unspecified atom stereocenters. The third-order valence-electron chi connectivity index (χ3n) is 6.46.